The summed E-state index contributed by atoms with van der Waals surface area (Å²) in [5.41, 5.74) is 3.68. The van der Waals surface area contributed by atoms with Crippen LogP contribution in [0.15, 0.2) is 65.6 Å². The molecule has 1 atom stereocenters. The van der Waals surface area contributed by atoms with E-state index in [4.69, 9.17) is 0 Å². The molecule has 4 aromatic rings. The Kier molecular flexibility index (Phi) is 8.11. The van der Waals surface area contributed by atoms with E-state index in [9.17, 15) is 18.7 Å². The van der Waals surface area contributed by atoms with Gasteiger partial charge in [0.15, 0.2) is 0 Å². The highest BCUT2D eigenvalue weighted by atomic mass is 19.1. The molecule has 0 fully saturated rings. The van der Waals surface area contributed by atoms with Crippen molar-refractivity contribution in [2.75, 3.05) is 0 Å². The third-order valence-electron chi connectivity index (χ3n) is 6.61. The van der Waals surface area contributed by atoms with Crippen molar-refractivity contribution in [3.05, 3.63) is 111 Å². The zero-order valence-electron chi connectivity index (χ0n) is 21.3. The van der Waals surface area contributed by atoms with Gasteiger partial charge in [-0.3, -0.25) is 14.3 Å². The number of rotatable bonds is 9. The van der Waals surface area contributed by atoms with Crippen molar-refractivity contribution in [1.82, 2.24) is 14.5 Å². The molecule has 0 bridgehead atoms. The van der Waals surface area contributed by atoms with Crippen LogP contribution in [0.1, 0.15) is 67.4 Å². The molecule has 0 saturated heterocycles. The fourth-order valence-electron chi connectivity index (χ4n) is 4.77. The molecule has 1 N–H and O–H groups in total. The number of benzene rings is 2. The molecule has 0 aliphatic heterocycles. The van der Waals surface area contributed by atoms with Gasteiger partial charge in [0.2, 0.25) is 5.88 Å². The number of nitrogens with zero attached hydrogens (tertiary/aromatic N) is 3. The minimum Gasteiger partial charge on any atom is -0.494 e. The highest BCUT2D eigenvalue weighted by Crippen LogP contribution is 2.32. The third kappa shape index (κ3) is 5.77. The molecule has 192 valence electrons. The molecular weight excluding hydrogens is 472 g/mol. The number of hydrogen-bond acceptors (Lipinski definition) is 4. The predicted octanol–water partition coefficient (Wildman–Crippen LogP) is 6.53. The second-order valence-corrected chi connectivity index (χ2v) is 9.25. The topological polar surface area (TPSA) is 68.0 Å². The van der Waals surface area contributed by atoms with Gasteiger partial charge >= 0.3 is 0 Å². The maximum absolute atomic E-state index is 14.1. The van der Waals surface area contributed by atoms with Crippen molar-refractivity contribution >= 4 is 0 Å². The number of unbranched alkanes of at least 4 members (excludes halogenated alkanes) is 1. The van der Waals surface area contributed by atoms with E-state index in [1.807, 2.05) is 57.2 Å². The lowest BCUT2D eigenvalue weighted by molar-refractivity contribution is 0.367. The Morgan fingerprint density at radius 1 is 1.03 bits per heavy atom. The van der Waals surface area contributed by atoms with Crippen LogP contribution < -0.4 is 5.56 Å². The van der Waals surface area contributed by atoms with Crippen LogP contribution in [0.2, 0.25) is 0 Å². The molecule has 2 aromatic heterocycles. The second-order valence-electron chi connectivity index (χ2n) is 9.25. The normalized spacial score (nSPS) is 12.0. The van der Waals surface area contributed by atoms with Gasteiger partial charge in [-0.05, 0) is 54.7 Å². The molecule has 1 unspecified atom stereocenters. The van der Waals surface area contributed by atoms with E-state index in [0.29, 0.717) is 24.2 Å². The summed E-state index contributed by atoms with van der Waals surface area (Å²) in [4.78, 5) is 21.8. The molecular formula is C30H31F2N3O2. The molecule has 0 amide bonds. The molecule has 0 radical (unpaired) electrons. The lowest BCUT2D eigenvalue weighted by atomic mass is 9.98. The summed E-state index contributed by atoms with van der Waals surface area (Å²) < 4.78 is 29.8. The minimum atomic E-state index is -0.695. The van der Waals surface area contributed by atoms with Crippen molar-refractivity contribution in [2.45, 2.75) is 58.9 Å². The van der Waals surface area contributed by atoms with Gasteiger partial charge in [-0.25, -0.2) is 8.78 Å². The van der Waals surface area contributed by atoms with Crippen LogP contribution in [0.25, 0.3) is 11.1 Å². The van der Waals surface area contributed by atoms with E-state index in [1.165, 1.54) is 12.1 Å². The summed E-state index contributed by atoms with van der Waals surface area (Å²) in [5.74, 6) is -1.20. The van der Waals surface area contributed by atoms with Crippen LogP contribution in [0.5, 0.6) is 5.88 Å². The number of aromatic hydroxyl groups is 1. The first-order valence-electron chi connectivity index (χ1n) is 12.6. The number of halogens is 2. The average molecular weight is 504 g/mol. The molecule has 2 heterocycles. The monoisotopic (exact) mass is 503 g/mol. The molecule has 0 aliphatic rings. The average Bonchev–Trinajstić information content (AvgIpc) is 2.87. The van der Waals surface area contributed by atoms with Crippen LogP contribution in [-0.4, -0.2) is 19.6 Å². The first-order chi connectivity index (χ1) is 17.8. The Labute approximate surface area is 215 Å². The molecule has 0 spiro atoms. The van der Waals surface area contributed by atoms with Crippen LogP contribution in [0, 0.1) is 18.6 Å². The van der Waals surface area contributed by atoms with Crippen molar-refractivity contribution in [3.8, 4) is 17.0 Å². The van der Waals surface area contributed by atoms with E-state index >= 15 is 0 Å². The maximum atomic E-state index is 14.1. The molecule has 7 heteroatoms. The molecule has 5 nitrogen and oxygen atoms in total. The summed E-state index contributed by atoms with van der Waals surface area (Å²) in [7, 11) is 0. The minimum absolute atomic E-state index is 0.149. The Balaban J connectivity index is 1.82. The number of pyridine rings is 1. The standard InChI is InChI=1S/C30H31F2N3O2/c1-4-6-12-28-34-29(36)26(15-20-9-7-10-21(14-20)25-11-8-13-33-19(25)3)30(37)35(28)27(5-2)22-16-23(31)18-24(32)17-22/h7-11,13-14,16-18,27,37H,4-6,12,15H2,1-3H3. The third-order valence-corrected chi connectivity index (χ3v) is 6.61. The second kappa shape index (κ2) is 11.5. The molecule has 2 aromatic carbocycles. The van der Waals surface area contributed by atoms with Crippen LogP contribution >= 0.6 is 0 Å². The van der Waals surface area contributed by atoms with Crippen LogP contribution in [0.4, 0.5) is 8.78 Å². The fourth-order valence-corrected chi connectivity index (χ4v) is 4.77. The van der Waals surface area contributed by atoms with E-state index < -0.39 is 23.2 Å². The fraction of sp³-hybridized carbons (Fsp3) is 0.300. The van der Waals surface area contributed by atoms with E-state index in [-0.39, 0.29) is 17.9 Å². The highest BCUT2D eigenvalue weighted by molar-refractivity contribution is 5.66. The van der Waals surface area contributed by atoms with Crippen molar-refractivity contribution < 1.29 is 13.9 Å². The number of hydrogen-bond donors (Lipinski definition) is 1. The van der Waals surface area contributed by atoms with E-state index in [2.05, 4.69) is 9.97 Å². The molecule has 4 rings (SSSR count). The first-order valence-corrected chi connectivity index (χ1v) is 12.6. The molecule has 0 saturated carbocycles. The van der Waals surface area contributed by atoms with Crippen molar-refractivity contribution in [3.63, 3.8) is 0 Å². The summed E-state index contributed by atoms with van der Waals surface area (Å²) in [5, 5.41) is 11.5. The molecule has 37 heavy (non-hydrogen) atoms. The smallest absolute Gasteiger partial charge is 0.280 e. The zero-order valence-corrected chi connectivity index (χ0v) is 21.3. The maximum Gasteiger partial charge on any atom is 0.280 e. The largest absolute Gasteiger partial charge is 0.494 e. The highest BCUT2D eigenvalue weighted by Gasteiger charge is 2.24. The summed E-state index contributed by atoms with van der Waals surface area (Å²) >= 11 is 0. The molecule has 0 aliphatic carbocycles. The Morgan fingerprint density at radius 2 is 1.78 bits per heavy atom. The predicted molar refractivity (Wildman–Crippen MR) is 141 cm³/mol. The van der Waals surface area contributed by atoms with Gasteiger partial charge in [0.25, 0.3) is 5.56 Å². The van der Waals surface area contributed by atoms with E-state index in [1.54, 1.807) is 10.8 Å². The van der Waals surface area contributed by atoms with Gasteiger partial charge in [0.1, 0.15) is 17.5 Å². The SMILES string of the molecule is CCCCc1nc(=O)c(Cc2cccc(-c3cccnc3C)c2)c(O)n1C(CC)c1cc(F)cc(F)c1. The summed E-state index contributed by atoms with van der Waals surface area (Å²) in [6.45, 7) is 5.83. The van der Waals surface area contributed by atoms with Gasteiger partial charge in [0, 0.05) is 36.4 Å². The Bertz CT molecular complexity index is 1450. The van der Waals surface area contributed by atoms with Gasteiger partial charge in [-0.2, -0.15) is 4.98 Å². The quantitative estimate of drug-likeness (QED) is 0.282. The van der Waals surface area contributed by atoms with Crippen LogP contribution in [0.3, 0.4) is 0 Å². The van der Waals surface area contributed by atoms with Gasteiger partial charge in [-0.1, -0.05) is 50.6 Å². The van der Waals surface area contributed by atoms with Gasteiger partial charge in [0.05, 0.1) is 11.6 Å². The van der Waals surface area contributed by atoms with E-state index in [0.717, 1.165) is 41.3 Å². The summed E-state index contributed by atoms with van der Waals surface area (Å²) in [6.07, 6.45) is 4.42. The Morgan fingerprint density at radius 3 is 2.46 bits per heavy atom. The van der Waals surface area contributed by atoms with Crippen LogP contribution in [-0.2, 0) is 12.8 Å². The van der Waals surface area contributed by atoms with Gasteiger partial charge in [-0.15, -0.1) is 0 Å². The number of aryl methyl sites for hydroxylation is 2. The van der Waals surface area contributed by atoms with Crippen molar-refractivity contribution in [1.29, 1.82) is 0 Å². The van der Waals surface area contributed by atoms with Crippen molar-refractivity contribution in [2.24, 2.45) is 0 Å². The first kappa shape index (κ1) is 26.2. The van der Waals surface area contributed by atoms with Gasteiger partial charge < -0.3 is 5.11 Å². The lowest BCUT2D eigenvalue weighted by Crippen LogP contribution is -2.26. The Hall–Kier alpha value is -3.87. The zero-order chi connectivity index (χ0) is 26.5. The summed E-state index contributed by atoms with van der Waals surface area (Å²) in [6, 6.07) is 14.4. The lowest BCUT2D eigenvalue weighted by Gasteiger charge is -2.25. The number of aromatic nitrogens is 3.